The van der Waals surface area contributed by atoms with Gasteiger partial charge in [-0.15, -0.1) is 0 Å². The van der Waals surface area contributed by atoms with Crippen molar-refractivity contribution in [2.24, 2.45) is 0 Å². The number of methoxy groups -OCH3 is 2. The largest absolute Gasteiger partial charge is 0.495 e. The van der Waals surface area contributed by atoms with Crippen LogP contribution in [0.4, 0.5) is 57.4 Å². The lowest BCUT2D eigenvalue weighted by molar-refractivity contribution is 0.414. The van der Waals surface area contributed by atoms with Gasteiger partial charge in [0.2, 0.25) is 11.9 Å². The standard InChI is InChI=1S/C32H43N9O2S.C10H11NO3S.C10H9NO3S/c1-7-40(8-2)26-18-24(22(33)16-28(26)42-5)35-30-37-31(39-32(38-30)44-20-21-14-12-11-13-15-21)36-25-19-27(41(9-3)10-4)29(43-6)17-23(25)34;2*11-9-5-6-10(15(12,13)14)8-4-2-1-3-7(8)9/h11-19H,7-10,20,33-34H2,1-6H3,(H2,35,36,37,38,39);3-6H,1-2,11H2,(H,12,13,14);1-6H,11H2,(H,12,13,14). The zero-order chi connectivity index (χ0) is 53.7. The molecule has 0 saturated carbocycles. The smallest absolute Gasteiger partial charge is 0.295 e. The molecule has 0 amide bonds. The highest BCUT2D eigenvalue weighted by atomic mass is 32.2. The number of ether oxygens (including phenoxy) is 2. The summed E-state index contributed by atoms with van der Waals surface area (Å²) in [5.41, 5.74) is 30.7. The van der Waals surface area contributed by atoms with Crippen LogP contribution in [0, 0.1) is 0 Å². The van der Waals surface area contributed by atoms with E-state index < -0.39 is 20.2 Å². The molecule has 0 bridgehead atoms. The minimum absolute atomic E-state index is 0.0670. The number of benzene rings is 6. The normalized spacial score (nSPS) is 11.8. The van der Waals surface area contributed by atoms with E-state index >= 15 is 0 Å². The number of rotatable bonds is 17. The summed E-state index contributed by atoms with van der Waals surface area (Å²) in [6.45, 7) is 11.7. The number of hydrogen-bond acceptors (Lipinski definition) is 18. The summed E-state index contributed by atoms with van der Waals surface area (Å²) in [4.78, 5) is 18.4. The summed E-state index contributed by atoms with van der Waals surface area (Å²) in [5.74, 6) is 2.78. The third kappa shape index (κ3) is 13.8. The van der Waals surface area contributed by atoms with Gasteiger partial charge in [0, 0.05) is 76.6 Å². The molecule has 0 unspecified atom stereocenters. The van der Waals surface area contributed by atoms with E-state index in [1.54, 1.807) is 44.6 Å². The molecule has 0 saturated heterocycles. The molecular formula is C52H63N11O8S3. The molecule has 0 fully saturated rings. The lowest BCUT2D eigenvalue weighted by Crippen LogP contribution is -2.34. The van der Waals surface area contributed by atoms with E-state index in [1.807, 2.05) is 48.5 Å². The number of nitrogens with two attached hydrogens (primary N) is 4. The Morgan fingerprint density at radius 3 is 1.51 bits per heavy atom. The van der Waals surface area contributed by atoms with Crippen LogP contribution in [0.3, 0.4) is 0 Å². The molecule has 0 spiro atoms. The van der Waals surface area contributed by atoms with E-state index in [-0.39, 0.29) is 9.79 Å². The predicted molar refractivity (Wildman–Crippen MR) is 301 cm³/mol. The fourth-order valence-corrected chi connectivity index (χ4v) is 10.3. The molecule has 0 aliphatic heterocycles. The van der Waals surface area contributed by atoms with Gasteiger partial charge in [-0.3, -0.25) is 9.11 Å². The Labute approximate surface area is 436 Å². The summed E-state index contributed by atoms with van der Waals surface area (Å²) >= 11 is 1.51. The van der Waals surface area contributed by atoms with E-state index in [1.165, 1.54) is 36.0 Å². The Morgan fingerprint density at radius 1 is 0.568 bits per heavy atom. The zero-order valence-corrected chi connectivity index (χ0v) is 44.5. The molecule has 1 heterocycles. The lowest BCUT2D eigenvalue weighted by Gasteiger charge is -2.25. The maximum Gasteiger partial charge on any atom is 0.295 e. The molecule has 7 aromatic rings. The minimum atomic E-state index is -4.20. The van der Waals surface area contributed by atoms with E-state index in [0.29, 0.717) is 89.6 Å². The molecule has 6 aromatic carbocycles. The first kappa shape index (κ1) is 55.8. The van der Waals surface area contributed by atoms with Crippen LogP contribution in [0.2, 0.25) is 0 Å². The molecule has 8 rings (SSSR count). The molecule has 0 atom stereocenters. The van der Waals surface area contributed by atoms with Crippen molar-refractivity contribution < 1.29 is 35.4 Å². The van der Waals surface area contributed by atoms with Gasteiger partial charge in [-0.25, -0.2) is 0 Å². The molecule has 19 nitrogen and oxygen atoms in total. The second-order valence-electron chi connectivity index (χ2n) is 16.5. The van der Waals surface area contributed by atoms with Crippen molar-refractivity contribution in [2.75, 3.05) is 83.8 Å². The average molecular weight is 1070 g/mol. The van der Waals surface area contributed by atoms with Gasteiger partial charge < -0.3 is 52.8 Å². The van der Waals surface area contributed by atoms with Crippen LogP contribution < -0.4 is 63.3 Å². The molecule has 12 N–H and O–H groups in total. The molecule has 0 radical (unpaired) electrons. The van der Waals surface area contributed by atoms with Gasteiger partial charge in [0.15, 0.2) is 5.16 Å². The summed E-state index contributed by atoms with van der Waals surface area (Å²) < 4.78 is 73.7. The first-order valence-electron chi connectivity index (χ1n) is 23.6. The van der Waals surface area contributed by atoms with Gasteiger partial charge in [-0.05, 0) is 82.5 Å². The van der Waals surface area contributed by atoms with Gasteiger partial charge in [-0.1, -0.05) is 78.5 Å². The highest BCUT2D eigenvalue weighted by molar-refractivity contribution is 7.98. The van der Waals surface area contributed by atoms with Crippen molar-refractivity contribution >= 4 is 112 Å². The predicted octanol–water partition coefficient (Wildman–Crippen LogP) is 8.06. The number of nitrogens with zero attached hydrogens (tertiary/aromatic N) is 5. The van der Waals surface area contributed by atoms with Crippen molar-refractivity contribution in [3.8, 4) is 11.5 Å². The highest BCUT2D eigenvalue weighted by Gasteiger charge is 2.19. The van der Waals surface area contributed by atoms with Crippen molar-refractivity contribution in [1.82, 2.24) is 15.0 Å². The topological polar surface area (TPSA) is 300 Å². The highest BCUT2D eigenvalue weighted by Crippen LogP contribution is 2.39. The van der Waals surface area contributed by atoms with Crippen LogP contribution in [0.15, 0.2) is 118 Å². The van der Waals surface area contributed by atoms with Crippen molar-refractivity contribution in [1.29, 1.82) is 0 Å². The van der Waals surface area contributed by atoms with Crippen LogP contribution >= 0.6 is 11.8 Å². The number of thioether (sulfide) groups is 1. The quantitative estimate of drug-likeness (QED) is 0.0243. The van der Waals surface area contributed by atoms with E-state index in [0.717, 1.165) is 56.0 Å². The number of hydrogen-bond donors (Lipinski definition) is 8. The van der Waals surface area contributed by atoms with Crippen LogP contribution in [-0.4, -0.2) is 81.3 Å². The number of aromatic nitrogens is 3. The Kier molecular flexibility index (Phi) is 18.8. The van der Waals surface area contributed by atoms with Crippen LogP contribution in [-0.2, 0) is 26.0 Å². The third-order valence-corrected chi connectivity index (χ3v) is 14.6. The number of nitrogens with one attached hydrogen (secondary N) is 2. The maximum absolute atomic E-state index is 11.1. The fraction of sp³-hybridized carbons (Fsp3) is 0.250. The van der Waals surface area contributed by atoms with Crippen molar-refractivity contribution in [3.63, 3.8) is 0 Å². The van der Waals surface area contributed by atoms with Crippen LogP contribution in [0.5, 0.6) is 11.5 Å². The molecule has 22 heteroatoms. The second kappa shape index (κ2) is 25.0. The van der Waals surface area contributed by atoms with Gasteiger partial charge in [0.1, 0.15) is 21.3 Å². The van der Waals surface area contributed by atoms with E-state index in [9.17, 15) is 16.8 Å². The summed E-state index contributed by atoms with van der Waals surface area (Å²) in [7, 11) is -5.08. The SMILES string of the molecule is CCN(CC)c1cc(Nc2nc(Nc3cc(N(CC)CC)c(OC)cc3N)nc(SCc3ccccc3)n2)c(N)cc1OC.Nc1ccc(S(=O)(=O)O)c2c1=CCCC=2.Nc1ccc(S(=O)(=O)O)c2ccccc12. The Balaban J connectivity index is 0.000000238. The first-order valence-corrected chi connectivity index (χ1v) is 27.4. The Morgan fingerprint density at radius 2 is 1.03 bits per heavy atom. The van der Waals surface area contributed by atoms with Gasteiger partial charge in [0.25, 0.3) is 20.2 Å². The van der Waals surface area contributed by atoms with Gasteiger partial charge in [-0.2, -0.15) is 31.8 Å². The third-order valence-electron chi connectivity index (χ3n) is 11.8. The zero-order valence-electron chi connectivity index (χ0n) is 42.0. The first-order chi connectivity index (χ1) is 35.3. The minimum Gasteiger partial charge on any atom is -0.495 e. The Hall–Kier alpha value is -7.50. The van der Waals surface area contributed by atoms with Crippen molar-refractivity contribution in [3.05, 3.63) is 119 Å². The fourth-order valence-electron chi connectivity index (χ4n) is 8.10. The molecule has 392 valence electrons. The van der Waals surface area contributed by atoms with E-state index in [2.05, 4.69) is 60.3 Å². The average Bonchev–Trinajstić information content (AvgIpc) is 3.38. The monoisotopic (exact) mass is 1070 g/mol. The molecule has 74 heavy (non-hydrogen) atoms. The molecule has 1 aromatic heterocycles. The van der Waals surface area contributed by atoms with Crippen LogP contribution in [0.1, 0.15) is 46.1 Å². The summed E-state index contributed by atoms with van der Waals surface area (Å²) in [5, 5.41) is 9.47. The maximum atomic E-state index is 11.1. The Bertz CT molecular complexity index is 3370. The van der Waals surface area contributed by atoms with Crippen molar-refractivity contribution in [2.45, 2.75) is 61.2 Å². The number of anilines is 10. The van der Waals surface area contributed by atoms with E-state index in [4.69, 9.17) is 56.5 Å². The van der Waals surface area contributed by atoms with Crippen LogP contribution in [0.25, 0.3) is 22.9 Å². The molecular weight excluding hydrogens is 1000 g/mol. The van der Waals surface area contributed by atoms with Gasteiger partial charge in [0.05, 0.1) is 48.3 Å². The van der Waals surface area contributed by atoms with Gasteiger partial charge >= 0.3 is 0 Å². The molecule has 1 aliphatic carbocycles. The summed E-state index contributed by atoms with van der Waals surface area (Å²) in [6.07, 6.45) is 5.28. The number of fused-ring (bicyclic) bond motifs is 2. The second-order valence-corrected chi connectivity index (χ2v) is 20.2. The number of nitrogen functional groups attached to an aromatic ring is 4. The summed E-state index contributed by atoms with van der Waals surface area (Å²) in [6, 6.07) is 30.1. The molecule has 1 aliphatic rings. The lowest BCUT2D eigenvalue weighted by atomic mass is 10.1.